The van der Waals surface area contributed by atoms with Crippen LogP contribution < -0.4 is 0 Å². The maximum absolute atomic E-state index is 9.93. The first kappa shape index (κ1) is 15.0. The largest absolute Gasteiger partial charge is 0.392 e. The van der Waals surface area contributed by atoms with Gasteiger partial charge in [-0.15, -0.1) is 6.58 Å². The molecule has 2 saturated heterocycles. The summed E-state index contributed by atoms with van der Waals surface area (Å²) < 4.78 is 5.42. The van der Waals surface area contributed by atoms with Gasteiger partial charge in [0.25, 0.3) is 0 Å². The van der Waals surface area contributed by atoms with E-state index in [4.69, 9.17) is 4.74 Å². The maximum atomic E-state index is 9.93. The van der Waals surface area contributed by atoms with E-state index in [0.717, 1.165) is 64.8 Å². The summed E-state index contributed by atoms with van der Waals surface area (Å²) in [5, 5.41) is 9.93. The molecular weight excluding hydrogens is 240 g/mol. The second kappa shape index (κ2) is 8.00. The van der Waals surface area contributed by atoms with Crippen molar-refractivity contribution in [3.8, 4) is 0 Å². The van der Waals surface area contributed by atoms with Gasteiger partial charge in [0.2, 0.25) is 0 Å². The number of hydrogen-bond donors (Lipinski definition) is 1. The first-order valence-corrected chi connectivity index (χ1v) is 7.62. The lowest BCUT2D eigenvalue weighted by molar-refractivity contribution is 0.00554. The van der Waals surface area contributed by atoms with Gasteiger partial charge in [0, 0.05) is 52.0 Å². The Morgan fingerprint density at radius 3 is 2.53 bits per heavy atom. The van der Waals surface area contributed by atoms with Crippen LogP contribution in [0.1, 0.15) is 25.7 Å². The normalized spacial score (nSPS) is 25.3. The van der Waals surface area contributed by atoms with Crippen LogP contribution in [0.3, 0.4) is 0 Å². The molecule has 0 aliphatic carbocycles. The van der Waals surface area contributed by atoms with E-state index in [1.54, 1.807) is 0 Å². The monoisotopic (exact) mass is 268 g/mol. The average Bonchev–Trinajstić information content (AvgIpc) is 2.47. The zero-order chi connectivity index (χ0) is 13.5. The third-order valence-electron chi connectivity index (χ3n) is 4.29. The minimum atomic E-state index is -0.201. The summed E-state index contributed by atoms with van der Waals surface area (Å²) >= 11 is 0. The van der Waals surface area contributed by atoms with Crippen LogP contribution in [0.2, 0.25) is 0 Å². The molecule has 0 bridgehead atoms. The van der Waals surface area contributed by atoms with E-state index < -0.39 is 0 Å². The van der Waals surface area contributed by atoms with Crippen molar-refractivity contribution < 1.29 is 9.84 Å². The number of allylic oxidation sites excluding steroid dienone is 1. The lowest BCUT2D eigenvalue weighted by atomic mass is 10.1. The molecule has 0 spiro atoms. The number of ether oxygens (including phenoxy) is 1. The van der Waals surface area contributed by atoms with E-state index in [-0.39, 0.29) is 6.10 Å². The van der Waals surface area contributed by atoms with Crippen molar-refractivity contribution in [1.82, 2.24) is 9.80 Å². The molecule has 0 aromatic heterocycles. The highest BCUT2D eigenvalue weighted by molar-refractivity contribution is 4.81. The van der Waals surface area contributed by atoms with Crippen LogP contribution in [-0.4, -0.2) is 73.0 Å². The Hall–Kier alpha value is -0.420. The lowest BCUT2D eigenvalue weighted by Crippen LogP contribution is -2.52. The van der Waals surface area contributed by atoms with Crippen LogP contribution in [0.15, 0.2) is 12.7 Å². The quantitative estimate of drug-likeness (QED) is 0.732. The van der Waals surface area contributed by atoms with Gasteiger partial charge in [-0.25, -0.2) is 0 Å². The van der Waals surface area contributed by atoms with Gasteiger partial charge >= 0.3 is 0 Å². The number of aliphatic hydroxyl groups is 1. The minimum absolute atomic E-state index is 0.201. The molecule has 2 aliphatic rings. The Morgan fingerprint density at radius 2 is 1.89 bits per heavy atom. The predicted molar refractivity (Wildman–Crippen MR) is 77.3 cm³/mol. The van der Waals surface area contributed by atoms with E-state index in [9.17, 15) is 5.11 Å². The molecule has 2 rings (SSSR count). The third kappa shape index (κ3) is 4.88. The smallest absolute Gasteiger partial charge is 0.0670 e. The number of aliphatic hydroxyl groups excluding tert-OH is 1. The van der Waals surface area contributed by atoms with Crippen molar-refractivity contribution in [3.05, 3.63) is 12.7 Å². The molecule has 4 nitrogen and oxygen atoms in total. The Balaban J connectivity index is 1.65. The lowest BCUT2D eigenvalue weighted by Gasteiger charge is -2.41. The second-order valence-electron chi connectivity index (χ2n) is 5.70. The molecule has 0 saturated carbocycles. The molecule has 0 unspecified atom stereocenters. The summed E-state index contributed by atoms with van der Waals surface area (Å²) in [6.07, 6.45) is 5.79. The standard InChI is InChI=1S/C15H28N2O2/c1-2-3-4-15(18)13-16-7-9-17(10-8-16)14-5-11-19-12-6-14/h2,14-15,18H,1,3-13H2/t15-/m0/s1. The van der Waals surface area contributed by atoms with Crippen LogP contribution in [0.5, 0.6) is 0 Å². The summed E-state index contributed by atoms with van der Waals surface area (Å²) in [5.41, 5.74) is 0. The fraction of sp³-hybridized carbons (Fsp3) is 0.867. The highest BCUT2D eigenvalue weighted by Crippen LogP contribution is 2.16. The number of piperazine rings is 1. The van der Waals surface area contributed by atoms with E-state index in [0.29, 0.717) is 0 Å². The summed E-state index contributed by atoms with van der Waals surface area (Å²) in [4.78, 5) is 5.00. The fourth-order valence-electron chi connectivity index (χ4n) is 3.06. The first-order valence-electron chi connectivity index (χ1n) is 7.62. The molecule has 1 N–H and O–H groups in total. The topological polar surface area (TPSA) is 35.9 Å². The Kier molecular flexibility index (Phi) is 6.31. The Bertz CT molecular complexity index is 259. The fourth-order valence-corrected chi connectivity index (χ4v) is 3.06. The number of nitrogens with zero attached hydrogens (tertiary/aromatic N) is 2. The second-order valence-corrected chi connectivity index (χ2v) is 5.70. The van der Waals surface area contributed by atoms with Crippen molar-refractivity contribution in [1.29, 1.82) is 0 Å². The zero-order valence-corrected chi connectivity index (χ0v) is 12.0. The molecule has 2 aliphatic heterocycles. The van der Waals surface area contributed by atoms with Crippen LogP contribution in [0.4, 0.5) is 0 Å². The molecule has 2 heterocycles. The highest BCUT2D eigenvalue weighted by atomic mass is 16.5. The molecule has 19 heavy (non-hydrogen) atoms. The molecule has 110 valence electrons. The van der Waals surface area contributed by atoms with Gasteiger partial charge in [-0.05, 0) is 25.7 Å². The molecule has 0 aromatic carbocycles. The Labute approximate surface area is 117 Å². The van der Waals surface area contributed by atoms with Gasteiger partial charge in [0.1, 0.15) is 0 Å². The van der Waals surface area contributed by atoms with Crippen molar-refractivity contribution in [2.75, 3.05) is 45.9 Å². The van der Waals surface area contributed by atoms with Crippen molar-refractivity contribution >= 4 is 0 Å². The van der Waals surface area contributed by atoms with Gasteiger partial charge < -0.3 is 9.84 Å². The molecule has 0 aromatic rings. The van der Waals surface area contributed by atoms with Crippen molar-refractivity contribution in [3.63, 3.8) is 0 Å². The molecule has 0 amide bonds. The number of hydrogen-bond acceptors (Lipinski definition) is 4. The maximum Gasteiger partial charge on any atom is 0.0670 e. The van der Waals surface area contributed by atoms with E-state index in [1.807, 2.05) is 6.08 Å². The molecule has 4 heteroatoms. The third-order valence-corrected chi connectivity index (χ3v) is 4.29. The number of rotatable bonds is 6. The summed E-state index contributed by atoms with van der Waals surface area (Å²) in [7, 11) is 0. The molecule has 2 fully saturated rings. The van der Waals surface area contributed by atoms with Crippen molar-refractivity contribution in [2.24, 2.45) is 0 Å². The van der Waals surface area contributed by atoms with Gasteiger partial charge in [-0.3, -0.25) is 9.80 Å². The van der Waals surface area contributed by atoms with Crippen LogP contribution in [-0.2, 0) is 4.74 Å². The van der Waals surface area contributed by atoms with Crippen molar-refractivity contribution in [2.45, 2.75) is 37.8 Å². The molecular formula is C15H28N2O2. The zero-order valence-electron chi connectivity index (χ0n) is 12.0. The van der Waals surface area contributed by atoms with Gasteiger partial charge in [0.15, 0.2) is 0 Å². The van der Waals surface area contributed by atoms with Crippen LogP contribution >= 0.6 is 0 Å². The molecule has 0 radical (unpaired) electrons. The first-order chi connectivity index (χ1) is 9.29. The van der Waals surface area contributed by atoms with Gasteiger partial charge in [0.05, 0.1) is 6.10 Å². The predicted octanol–water partition coefficient (Wildman–Crippen LogP) is 1.11. The number of β-amino-alcohol motifs (C(OH)–C–C–N with tert-alkyl or cyclic N) is 1. The average molecular weight is 268 g/mol. The van der Waals surface area contributed by atoms with Crippen LogP contribution in [0.25, 0.3) is 0 Å². The highest BCUT2D eigenvalue weighted by Gasteiger charge is 2.25. The summed E-state index contributed by atoms with van der Waals surface area (Å²) in [5.74, 6) is 0. The molecule has 1 atom stereocenters. The summed E-state index contributed by atoms with van der Waals surface area (Å²) in [6, 6.07) is 0.724. The summed E-state index contributed by atoms with van der Waals surface area (Å²) in [6.45, 7) is 10.8. The van der Waals surface area contributed by atoms with Gasteiger partial charge in [-0.2, -0.15) is 0 Å². The van der Waals surface area contributed by atoms with E-state index in [1.165, 1.54) is 12.8 Å². The SMILES string of the molecule is C=CCC[C@H](O)CN1CCN(C2CCOCC2)CC1. The van der Waals surface area contributed by atoms with E-state index in [2.05, 4.69) is 16.4 Å². The van der Waals surface area contributed by atoms with Gasteiger partial charge in [-0.1, -0.05) is 6.08 Å². The minimum Gasteiger partial charge on any atom is -0.392 e. The Morgan fingerprint density at radius 1 is 1.21 bits per heavy atom. The van der Waals surface area contributed by atoms with Crippen LogP contribution in [0, 0.1) is 0 Å². The van der Waals surface area contributed by atoms with E-state index >= 15 is 0 Å².